The maximum absolute atomic E-state index is 13.5. The Morgan fingerprint density at radius 1 is 0.906 bits per heavy atom. The molecule has 0 saturated carbocycles. The van der Waals surface area contributed by atoms with Gasteiger partial charge in [0.25, 0.3) is 5.56 Å². The molecule has 1 heterocycles. The molecule has 0 bridgehead atoms. The quantitative estimate of drug-likeness (QED) is 0.443. The number of aryl methyl sites for hydroxylation is 2. The molecule has 0 unspecified atom stereocenters. The highest BCUT2D eigenvalue weighted by molar-refractivity contribution is 7.90. The van der Waals surface area contributed by atoms with Gasteiger partial charge in [0, 0.05) is 24.1 Å². The third-order valence-electron chi connectivity index (χ3n) is 5.21. The summed E-state index contributed by atoms with van der Waals surface area (Å²) >= 11 is 0. The maximum Gasteiger partial charge on any atom is 0.271 e. The molecule has 0 aliphatic carbocycles. The first kappa shape index (κ1) is 21.6. The first-order valence-electron chi connectivity index (χ1n) is 10.0. The van der Waals surface area contributed by atoms with E-state index in [1.807, 2.05) is 30.3 Å². The van der Waals surface area contributed by atoms with Crippen LogP contribution in [0.1, 0.15) is 11.1 Å². The summed E-state index contributed by atoms with van der Waals surface area (Å²) in [6.45, 7) is 0. The molecule has 0 N–H and O–H groups in total. The summed E-state index contributed by atoms with van der Waals surface area (Å²) in [5.41, 5.74) is 2.97. The molecule has 0 fully saturated rings. The van der Waals surface area contributed by atoms with Crippen molar-refractivity contribution in [2.24, 2.45) is 0 Å². The zero-order valence-corrected chi connectivity index (χ0v) is 18.2. The highest BCUT2D eigenvalue weighted by Crippen LogP contribution is 2.32. The molecule has 0 atom stereocenters. The van der Waals surface area contributed by atoms with Crippen molar-refractivity contribution in [2.45, 2.75) is 17.7 Å². The van der Waals surface area contributed by atoms with Gasteiger partial charge in [-0.15, -0.1) is 0 Å². The number of hydrogen-bond acceptors (Lipinski definition) is 4. The average Bonchev–Trinajstić information content (AvgIpc) is 2.78. The van der Waals surface area contributed by atoms with E-state index in [1.165, 1.54) is 41.2 Å². The molecule has 4 aromatic rings. The molecule has 162 valence electrons. The minimum atomic E-state index is -3.66. The third kappa shape index (κ3) is 4.68. The van der Waals surface area contributed by atoms with Gasteiger partial charge < -0.3 is 0 Å². The van der Waals surface area contributed by atoms with Gasteiger partial charge in [-0.25, -0.2) is 12.8 Å². The minimum absolute atomic E-state index is 0.0557. The summed E-state index contributed by atoms with van der Waals surface area (Å²) in [6, 6.07) is 21.7. The molecule has 1 aromatic heterocycles. The molecule has 0 saturated heterocycles. The van der Waals surface area contributed by atoms with Crippen LogP contribution in [-0.4, -0.2) is 24.5 Å². The Balaban J connectivity index is 1.94. The van der Waals surface area contributed by atoms with E-state index in [0.717, 1.165) is 17.4 Å². The van der Waals surface area contributed by atoms with E-state index in [-0.39, 0.29) is 10.5 Å². The van der Waals surface area contributed by atoms with Gasteiger partial charge in [-0.2, -0.15) is 9.78 Å². The Labute approximate surface area is 185 Å². The highest BCUT2D eigenvalue weighted by atomic mass is 32.2. The van der Waals surface area contributed by atoms with Gasteiger partial charge in [0.2, 0.25) is 0 Å². The van der Waals surface area contributed by atoms with Gasteiger partial charge in [0.05, 0.1) is 10.6 Å². The number of halogens is 1. The van der Waals surface area contributed by atoms with E-state index in [2.05, 4.69) is 5.10 Å². The van der Waals surface area contributed by atoms with Gasteiger partial charge in [0.15, 0.2) is 9.84 Å². The van der Waals surface area contributed by atoms with Crippen LogP contribution in [0.3, 0.4) is 0 Å². The van der Waals surface area contributed by atoms with Crippen molar-refractivity contribution in [3.05, 3.63) is 112 Å². The molecule has 32 heavy (non-hydrogen) atoms. The molecular formula is C25H21FN2O3S. The lowest BCUT2D eigenvalue weighted by molar-refractivity contribution is 0.602. The summed E-state index contributed by atoms with van der Waals surface area (Å²) in [5, 5.41) is 4.16. The van der Waals surface area contributed by atoms with Gasteiger partial charge in [-0.3, -0.25) is 4.79 Å². The van der Waals surface area contributed by atoms with Crippen LogP contribution in [0.15, 0.2) is 94.7 Å². The molecule has 0 amide bonds. The molecule has 7 heteroatoms. The standard InChI is InChI=1S/C25H21FN2O3S/c1-32(30,31)24-17-23(28-25(29)8-5-15-27-28)20(10-9-18-6-3-2-4-7-18)16-22(24)19-11-13-21(26)14-12-19/h2-8,11-17H,9-10H2,1H3. The monoisotopic (exact) mass is 448 g/mol. The van der Waals surface area contributed by atoms with Crippen LogP contribution >= 0.6 is 0 Å². The molecule has 0 aliphatic rings. The van der Waals surface area contributed by atoms with E-state index in [1.54, 1.807) is 18.2 Å². The van der Waals surface area contributed by atoms with Gasteiger partial charge >= 0.3 is 0 Å². The van der Waals surface area contributed by atoms with Crippen molar-refractivity contribution in [3.63, 3.8) is 0 Å². The van der Waals surface area contributed by atoms with Gasteiger partial charge in [-0.1, -0.05) is 42.5 Å². The van der Waals surface area contributed by atoms with E-state index in [4.69, 9.17) is 0 Å². The first-order valence-corrected chi connectivity index (χ1v) is 11.9. The number of sulfone groups is 1. The molecular weight excluding hydrogens is 427 g/mol. The summed E-state index contributed by atoms with van der Waals surface area (Å²) in [5.74, 6) is -0.407. The maximum atomic E-state index is 13.5. The first-order chi connectivity index (χ1) is 15.3. The van der Waals surface area contributed by atoms with Crippen LogP contribution in [0.25, 0.3) is 16.8 Å². The second-order valence-corrected chi connectivity index (χ2v) is 9.50. The fraction of sp³-hybridized carbons (Fsp3) is 0.120. The molecule has 5 nitrogen and oxygen atoms in total. The lowest BCUT2D eigenvalue weighted by atomic mass is 9.97. The topological polar surface area (TPSA) is 69.0 Å². The molecule has 0 radical (unpaired) electrons. The Kier molecular flexibility index (Phi) is 6.01. The smallest absolute Gasteiger partial charge is 0.267 e. The van der Waals surface area contributed by atoms with Crippen LogP contribution in [0.4, 0.5) is 4.39 Å². The molecule has 4 rings (SSSR count). The lowest BCUT2D eigenvalue weighted by Gasteiger charge is -2.17. The number of nitrogens with zero attached hydrogens (tertiary/aromatic N) is 2. The second kappa shape index (κ2) is 8.88. The highest BCUT2D eigenvalue weighted by Gasteiger charge is 2.20. The van der Waals surface area contributed by atoms with Gasteiger partial charge in [0.1, 0.15) is 5.82 Å². The third-order valence-corrected chi connectivity index (χ3v) is 6.34. The normalized spacial score (nSPS) is 11.4. The van der Waals surface area contributed by atoms with E-state index >= 15 is 0 Å². The van der Waals surface area contributed by atoms with E-state index in [9.17, 15) is 17.6 Å². The fourth-order valence-corrected chi connectivity index (χ4v) is 4.54. The van der Waals surface area contributed by atoms with Crippen molar-refractivity contribution >= 4 is 9.84 Å². The Bertz CT molecular complexity index is 1410. The predicted octanol–water partition coefficient (Wildman–Crippen LogP) is 4.23. The second-order valence-electron chi connectivity index (χ2n) is 7.52. The SMILES string of the molecule is CS(=O)(=O)c1cc(-n2ncccc2=O)c(CCc2ccccc2)cc1-c1ccc(F)cc1. The Morgan fingerprint density at radius 3 is 2.28 bits per heavy atom. The van der Waals surface area contributed by atoms with Crippen LogP contribution < -0.4 is 5.56 Å². The zero-order valence-electron chi connectivity index (χ0n) is 17.4. The lowest BCUT2D eigenvalue weighted by Crippen LogP contribution is -2.21. The van der Waals surface area contributed by atoms with Crippen molar-refractivity contribution in [1.82, 2.24) is 9.78 Å². The summed E-state index contributed by atoms with van der Waals surface area (Å²) < 4.78 is 40.0. The van der Waals surface area contributed by atoms with Crippen molar-refractivity contribution in [2.75, 3.05) is 6.26 Å². The number of benzene rings is 3. The zero-order chi connectivity index (χ0) is 22.7. The van der Waals surface area contributed by atoms with E-state index < -0.39 is 15.7 Å². The minimum Gasteiger partial charge on any atom is -0.267 e. The Morgan fingerprint density at radius 2 is 1.62 bits per heavy atom. The van der Waals surface area contributed by atoms with Crippen LogP contribution in [0.2, 0.25) is 0 Å². The van der Waals surface area contributed by atoms with Crippen molar-refractivity contribution in [3.8, 4) is 16.8 Å². The number of hydrogen-bond donors (Lipinski definition) is 0. The largest absolute Gasteiger partial charge is 0.271 e. The Hall–Kier alpha value is -3.58. The van der Waals surface area contributed by atoms with Crippen LogP contribution in [0, 0.1) is 5.82 Å². The van der Waals surface area contributed by atoms with E-state index in [0.29, 0.717) is 29.7 Å². The number of rotatable bonds is 6. The summed E-state index contributed by atoms with van der Waals surface area (Å²) in [4.78, 5) is 12.6. The van der Waals surface area contributed by atoms with Crippen LogP contribution in [0.5, 0.6) is 0 Å². The summed E-state index contributed by atoms with van der Waals surface area (Å²) in [7, 11) is -3.66. The fourth-order valence-electron chi connectivity index (χ4n) is 3.64. The average molecular weight is 449 g/mol. The van der Waals surface area contributed by atoms with Gasteiger partial charge in [-0.05, 0) is 59.9 Å². The number of aromatic nitrogens is 2. The molecule has 0 spiro atoms. The van der Waals surface area contributed by atoms with Crippen molar-refractivity contribution in [1.29, 1.82) is 0 Å². The molecule has 3 aromatic carbocycles. The summed E-state index contributed by atoms with van der Waals surface area (Å²) in [6.07, 6.45) is 3.84. The molecule has 0 aliphatic heterocycles. The predicted molar refractivity (Wildman–Crippen MR) is 122 cm³/mol. The van der Waals surface area contributed by atoms with Crippen LogP contribution in [-0.2, 0) is 22.7 Å². The van der Waals surface area contributed by atoms with Crippen molar-refractivity contribution < 1.29 is 12.8 Å².